The molecular formula is C17H17Cl2N3O. The van der Waals surface area contributed by atoms with Crippen molar-refractivity contribution in [2.24, 2.45) is 5.92 Å². The Kier molecular flexibility index (Phi) is 5.03. The second-order valence-electron chi connectivity index (χ2n) is 5.56. The first kappa shape index (κ1) is 16.1. The predicted molar refractivity (Wildman–Crippen MR) is 92.9 cm³/mol. The number of halogens is 2. The van der Waals surface area contributed by atoms with E-state index in [1.165, 1.54) is 0 Å². The van der Waals surface area contributed by atoms with Gasteiger partial charge < -0.3 is 5.32 Å². The molecule has 6 heteroatoms. The summed E-state index contributed by atoms with van der Waals surface area (Å²) in [6.07, 6.45) is 8.48. The molecule has 0 radical (unpaired) electrons. The van der Waals surface area contributed by atoms with Gasteiger partial charge in [-0.15, -0.1) is 0 Å². The topological polar surface area (TPSA) is 46.9 Å². The van der Waals surface area contributed by atoms with Crippen molar-refractivity contribution in [2.45, 2.75) is 25.8 Å². The molecule has 1 aromatic heterocycles. The van der Waals surface area contributed by atoms with Crippen molar-refractivity contribution < 1.29 is 4.79 Å². The molecule has 23 heavy (non-hydrogen) atoms. The quantitative estimate of drug-likeness (QED) is 0.824. The van der Waals surface area contributed by atoms with Crippen LogP contribution < -0.4 is 5.32 Å². The number of allylic oxidation sites excluding steroid dienone is 2. The Balaban J connectivity index is 1.73. The Bertz CT molecular complexity index is 739. The van der Waals surface area contributed by atoms with Gasteiger partial charge in [0.25, 0.3) is 0 Å². The minimum atomic E-state index is 0.0260. The van der Waals surface area contributed by atoms with Crippen LogP contribution in [0.3, 0.4) is 0 Å². The average Bonchev–Trinajstić information content (AvgIpc) is 2.99. The van der Waals surface area contributed by atoms with E-state index in [1.54, 1.807) is 23.0 Å². The van der Waals surface area contributed by atoms with Crippen molar-refractivity contribution >= 4 is 34.9 Å². The van der Waals surface area contributed by atoms with E-state index >= 15 is 0 Å². The average molecular weight is 350 g/mol. The lowest BCUT2D eigenvalue weighted by Crippen LogP contribution is -2.25. The van der Waals surface area contributed by atoms with Crippen LogP contribution in [0.4, 0.5) is 5.82 Å². The molecule has 1 aliphatic carbocycles. The number of aromatic nitrogens is 2. The number of rotatable bonds is 4. The SMILES string of the molecule is O=C(Nc1ccnn1Cc1cccc(Cl)c1Cl)C1CC=CCC1. The third kappa shape index (κ3) is 3.77. The van der Waals surface area contributed by atoms with Gasteiger partial charge in [-0.25, -0.2) is 4.68 Å². The van der Waals surface area contributed by atoms with Crippen molar-refractivity contribution in [1.82, 2.24) is 9.78 Å². The lowest BCUT2D eigenvalue weighted by molar-refractivity contribution is -0.120. The second-order valence-corrected chi connectivity index (χ2v) is 6.34. The van der Waals surface area contributed by atoms with Crippen molar-refractivity contribution in [2.75, 3.05) is 5.32 Å². The van der Waals surface area contributed by atoms with E-state index in [4.69, 9.17) is 23.2 Å². The van der Waals surface area contributed by atoms with Gasteiger partial charge in [-0.05, 0) is 30.9 Å². The maximum Gasteiger partial charge on any atom is 0.228 e. The zero-order chi connectivity index (χ0) is 16.2. The third-order valence-electron chi connectivity index (χ3n) is 3.96. The van der Waals surface area contributed by atoms with E-state index in [2.05, 4.69) is 22.6 Å². The maximum atomic E-state index is 12.4. The highest BCUT2D eigenvalue weighted by molar-refractivity contribution is 6.42. The fourth-order valence-electron chi connectivity index (χ4n) is 2.66. The van der Waals surface area contributed by atoms with Gasteiger partial charge in [0.05, 0.1) is 22.8 Å². The lowest BCUT2D eigenvalue weighted by Gasteiger charge is -2.18. The van der Waals surface area contributed by atoms with Crippen molar-refractivity contribution in [3.8, 4) is 0 Å². The Labute approximate surface area is 145 Å². The minimum Gasteiger partial charge on any atom is -0.311 e. The van der Waals surface area contributed by atoms with Crippen molar-refractivity contribution in [1.29, 1.82) is 0 Å². The van der Waals surface area contributed by atoms with Gasteiger partial charge in [0.15, 0.2) is 0 Å². The summed E-state index contributed by atoms with van der Waals surface area (Å²) in [5.41, 5.74) is 0.860. The summed E-state index contributed by atoms with van der Waals surface area (Å²) < 4.78 is 1.72. The summed E-state index contributed by atoms with van der Waals surface area (Å²) in [6.45, 7) is 0.451. The van der Waals surface area contributed by atoms with Gasteiger partial charge in [0.2, 0.25) is 5.91 Å². The van der Waals surface area contributed by atoms with Crippen LogP contribution in [-0.2, 0) is 11.3 Å². The van der Waals surface area contributed by atoms with Crippen LogP contribution in [0, 0.1) is 5.92 Å². The van der Waals surface area contributed by atoms with E-state index in [0.29, 0.717) is 22.4 Å². The van der Waals surface area contributed by atoms with E-state index in [1.807, 2.05) is 12.1 Å². The van der Waals surface area contributed by atoms with Crippen LogP contribution in [0.5, 0.6) is 0 Å². The molecule has 0 spiro atoms. The van der Waals surface area contributed by atoms with Crippen LogP contribution >= 0.6 is 23.2 Å². The molecule has 4 nitrogen and oxygen atoms in total. The van der Waals surface area contributed by atoms with Gasteiger partial charge in [-0.3, -0.25) is 4.79 Å². The van der Waals surface area contributed by atoms with Crippen LogP contribution in [-0.4, -0.2) is 15.7 Å². The number of carbonyl (C=O) groups is 1. The number of benzene rings is 1. The number of hydrogen-bond acceptors (Lipinski definition) is 2. The molecule has 0 saturated carbocycles. The number of nitrogens with zero attached hydrogens (tertiary/aromatic N) is 2. The number of amides is 1. The van der Waals surface area contributed by atoms with E-state index in [0.717, 1.165) is 24.8 Å². The van der Waals surface area contributed by atoms with E-state index in [9.17, 15) is 4.79 Å². The van der Waals surface area contributed by atoms with Gasteiger partial charge in [0, 0.05) is 12.0 Å². The van der Waals surface area contributed by atoms with Crippen molar-refractivity contribution in [3.63, 3.8) is 0 Å². The molecule has 0 aliphatic heterocycles. The fourth-order valence-corrected chi connectivity index (χ4v) is 3.04. The first-order valence-corrected chi connectivity index (χ1v) is 8.31. The number of anilines is 1. The molecule has 2 aromatic rings. The Morgan fingerprint density at radius 3 is 2.96 bits per heavy atom. The highest BCUT2D eigenvalue weighted by atomic mass is 35.5. The summed E-state index contributed by atoms with van der Waals surface area (Å²) in [5, 5.41) is 8.26. The third-order valence-corrected chi connectivity index (χ3v) is 4.82. The second kappa shape index (κ2) is 7.20. The molecule has 1 N–H and O–H groups in total. The number of carbonyl (C=O) groups excluding carboxylic acids is 1. The maximum absolute atomic E-state index is 12.4. The summed E-state index contributed by atoms with van der Waals surface area (Å²) in [7, 11) is 0. The fraction of sp³-hybridized carbons (Fsp3) is 0.294. The summed E-state index contributed by atoms with van der Waals surface area (Å²) in [6, 6.07) is 7.28. The minimum absolute atomic E-state index is 0.0260. The first-order valence-electron chi connectivity index (χ1n) is 7.55. The van der Waals surface area contributed by atoms with Gasteiger partial charge in [-0.2, -0.15) is 5.10 Å². The van der Waals surface area contributed by atoms with E-state index in [-0.39, 0.29) is 11.8 Å². The van der Waals surface area contributed by atoms with Crippen LogP contribution in [0.15, 0.2) is 42.6 Å². The molecule has 1 amide bonds. The van der Waals surface area contributed by atoms with Crippen LogP contribution in [0.25, 0.3) is 0 Å². The molecule has 1 aromatic carbocycles. The van der Waals surface area contributed by atoms with E-state index < -0.39 is 0 Å². The van der Waals surface area contributed by atoms with Crippen molar-refractivity contribution in [3.05, 3.63) is 58.2 Å². The lowest BCUT2D eigenvalue weighted by atomic mass is 9.94. The Morgan fingerprint density at radius 2 is 2.17 bits per heavy atom. The molecule has 0 bridgehead atoms. The first-order chi connectivity index (χ1) is 11.1. The molecule has 0 saturated heterocycles. The molecule has 1 aliphatic rings. The Morgan fingerprint density at radius 1 is 1.30 bits per heavy atom. The normalized spacial score (nSPS) is 17.2. The summed E-state index contributed by atoms with van der Waals surface area (Å²) in [5.74, 6) is 0.729. The van der Waals surface area contributed by atoms with Gasteiger partial charge in [0.1, 0.15) is 5.82 Å². The molecule has 120 valence electrons. The summed E-state index contributed by atoms with van der Waals surface area (Å²) >= 11 is 12.3. The zero-order valence-electron chi connectivity index (χ0n) is 12.5. The summed E-state index contributed by atoms with van der Waals surface area (Å²) in [4.78, 5) is 12.4. The molecule has 1 atom stereocenters. The number of hydrogen-bond donors (Lipinski definition) is 1. The van der Waals surface area contributed by atoms with Crippen LogP contribution in [0.2, 0.25) is 10.0 Å². The van der Waals surface area contributed by atoms with Gasteiger partial charge >= 0.3 is 0 Å². The molecule has 0 fully saturated rings. The zero-order valence-corrected chi connectivity index (χ0v) is 14.0. The highest BCUT2D eigenvalue weighted by Gasteiger charge is 2.20. The Hall–Kier alpha value is -1.78. The largest absolute Gasteiger partial charge is 0.311 e. The predicted octanol–water partition coefficient (Wildman–Crippen LogP) is 4.53. The standard InChI is InChI=1S/C17H17Cl2N3O/c18-14-8-4-7-13(16(14)19)11-22-15(9-10-20-22)21-17(23)12-5-2-1-3-6-12/h1-2,4,7-10,12H,3,5-6,11H2,(H,21,23). The monoisotopic (exact) mass is 349 g/mol. The molecular weight excluding hydrogens is 333 g/mol. The molecule has 3 rings (SSSR count). The highest BCUT2D eigenvalue weighted by Crippen LogP contribution is 2.27. The molecule has 1 heterocycles. The smallest absolute Gasteiger partial charge is 0.228 e. The number of nitrogens with one attached hydrogen (secondary N) is 1. The van der Waals surface area contributed by atoms with Gasteiger partial charge in [-0.1, -0.05) is 47.5 Å². The van der Waals surface area contributed by atoms with Crippen LogP contribution in [0.1, 0.15) is 24.8 Å². The molecule has 1 unspecified atom stereocenters.